The van der Waals surface area contributed by atoms with E-state index in [1.807, 2.05) is 24.5 Å². The minimum Gasteiger partial charge on any atom is -0.342 e. The Kier molecular flexibility index (Phi) is 5.70. The third-order valence-corrected chi connectivity index (χ3v) is 6.39. The lowest BCUT2D eigenvalue weighted by molar-refractivity contribution is -0.129. The van der Waals surface area contributed by atoms with Crippen LogP contribution in [-0.4, -0.2) is 58.4 Å². The van der Waals surface area contributed by atoms with Crippen LogP contribution in [-0.2, 0) is 21.2 Å². The molecule has 7 nitrogen and oxygen atoms in total. The fourth-order valence-electron chi connectivity index (χ4n) is 3.27. The number of sulfone groups is 1. The molecule has 0 bridgehead atoms. The average molecular weight is 376 g/mol. The summed E-state index contributed by atoms with van der Waals surface area (Å²) >= 11 is 0. The summed E-state index contributed by atoms with van der Waals surface area (Å²) in [7, 11) is -3.28. The summed E-state index contributed by atoms with van der Waals surface area (Å²) in [6.45, 7) is 3.43. The molecular formula is C18H24N4O3S. The Bertz CT molecular complexity index is 840. The predicted molar refractivity (Wildman–Crippen MR) is 98.4 cm³/mol. The largest absolute Gasteiger partial charge is 0.342 e. The van der Waals surface area contributed by atoms with Crippen molar-refractivity contribution in [1.82, 2.24) is 19.4 Å². The van der Waals surface area contributed by atoms with Crippen LogP contribution in [0.3, 0.4) is 0 Å². The Hall–Kier alpha value is -2.22. The molecule has 0 spiro atoms. The molecule has 3 heterocycles. The molecule has 0 saturated carbocycles. The zero-order valence-electron chi connectivity index (χ0n) is 14.9. The van der Waals surface area contributed by atoms with Gasteiger partial charge in [0.1, 0.15) is 11.6 Å². The van der Waals surface area contributed by atoms with E-state index in [0.717, 1.165) is 30.8 Å². The Morgan fingerprint density at radius 3 is 2.69 bits per heavy atom. The fraction of sp³-hybridized carbons (Fsp3) is 0.500. The van der Waals surface area contributed by atoms with Crippen molar-refractivity contribution < 1.29 is 13.2 Å². The van der Waals surface area contributed by atoms with Crippen molar-refractivity contribution in [3.05, 3.63) is 48.3 Å². The van der Waals surface area contributed by atoms with Gasteiger partial charge in [-0.3, -0.25) is 9.78 Å². The number of imidazole rings is 1. The number of carbonyl (C=O) groups is 1. The molecule has 2 aromatic rings. The van der Waals surface area contributed by atoms with Crippen molar-refractivity contribution in [3.63, 3.8) is 0 Å². The van der Waals surface area contributed by atoms with Crippen LogP contribution in [0.15, 0.2) is 36.9 Å². The van der Waals surface area contributed by atoms with Gasteiger partial charge in [-0.1, -0.05) is 13.0 Å². The molecular weight excluding hydrogens is 352 g/mol. The summed E-state index contributed by atoms with van der Waals surface area (Å²) in [5, 5.41) is 0. The summed E-state index contributed by atoms with van der Waals surface area (Å²) in [5.74, 6) is 0.616. The van der Waals surface area contributed by atoms with Crippen LogP contribution in [0.4, 0.5) is 0 Å². The third-order valence-electron chi connectivity index (χ3n) is 4.82. The van der Waals surface area contributed by atoms with Crippen molar-refractivity contribution in [2.45, 2.75) is 32.2 Å². The lowest BCUT2D eigenvalue weighted by Crippen LogP contribution is -2.41. The van der Waals surface area contributed by atoms with Crippen LogP contribution in [0.2, 0.25) is 0 Å². The van der Waals surface area contributed by atoms with Gasteiger partial charge < -0.3 is 9.47 Å². The van der Waals surface area contributed by atoms with E-state index < -0.39 is 9.84 Å². The number of aromatic nitrogens is 3. The maximum absolute atomic E-state index is 12.2. The summed E-state index contributed by atoms with van der Waals surface area (Å²) in [6.07, 6.45) is 8.96. The normalized spacial score (nSPS) is 16.0. The molecule has 0 atom stereocenters. The quantitative estimate of drug-likeness (QED) is 0.762. The fourth-order valence-corrected chi connectivity index (χ4v) is 4.03. The summed E-state index contributed by atoms with van der Waals surface area (Å²) < 4.78 is 25.4. The van der Waals surface area contributed by atoms with E-state index in [0.29, 0.717) is 13.1 Å². The Balaban J connectivity index is 1.61. The van der Waals surface area contributed by atoms with Gasteiger partial charge in [-0.15, -0.1) is 0 Å². The van der Waals surface area contributed by atoms with E-state index in [1.54, 1.807) is 24.2 Å². The highest BCUT2D eigenvalue weighted by Crippen LogP contribution is 2.27. The first kappa shape index (κ1) is 18.6. The minimum absolute atomic E-state index is 0.000976. The van der Waals surface area contributed by atoms with E-state index in [1.165, 1.54) is 0 Å². The molecule has 140 valence electrons. The number of carbonyl (C=O) groups excluding carboxylic acids is 1. The molecule has 1 aliphatic heterocycles. The average Bonchev–Trinajstić information content (AvgIpc) is 3.10. The standard InChI is InChI=1S/C18H24N4O3S/c1-2-26(24,25)14-17(23)21-9-5-16(6-10-21)18-20-8-11-22(18)13-15-4-3-7-19-12-15/h3-4,7-8,11-12,16H,2,5-6,9-10,13-14H2,1H3. The first-order chi connectivity index (χ1) is 12.5. The van der Waals surface area contributed by atoms with Gasteiger partial charge in [0.25, 0.3) is 0 Å². The molecule has 1 amide bonds. The second-order valence-electron chi connectivity index (χ2n) is 6.61. The highest BCUT2D eigenvalue weighted by molar-refractivity contribution is 7.92. The molecule has 0 aliphatic carbocycles. The van der Waals surface area contributed by atoms with E-state index in [4.69, 9.17) is 0 Å². The molecule has 26 heavy (non-hydrogen) atoms. The van der Waals surface area contributed by atoms with Crippen molar-refractivity contribution in [2.75, 3.05) is 24.6 Å². The number of hydrogen-bond acceptors (Lipinski definition) is 5. The molecule has 1 saturated heterocycles. The van der Waals surface area contributed by atoms with E-state index in [9.17, 15) is 13.2 Å². The van der Waals surface area contributed by atoms with Crippen LogP contribution in [0, 0.1) is 0 Å². The minimum atomic E-state index is -3.28. The van der Waals surface area contributed by atoms with E-state index in [2.05, 4.69) is 14.5 Å². The van der Waals surface area contributed by atoms with Gasteiger partial charge in [-0.05, 0) is 24.5 Å². The van der Waals surface area contributed by atoms with Gasteiger partial charge in [0, 0.05) is 49.5 Å². The molecule has 0 aromatic carbocycles. The molecule has 3 rings (SSSR count). The predicted octanol–water partition coefficient (Wildman–Crippen LogP) is 1.47. The zero-order valence-corrected chi connectivity index (χ0v) is 15.7. The highest BCUT2D eigenvalue weighted by atomic mass is 32.2. The number of piperidine rings is 1. The molecule has 2 aromatic heterocycles. The number of likely N-dealkylation sites (tertiary alicyclic amines) is 1. The van der Waals surface area contributed by atoms with Gasteiger partial charge in [0.2, 0.25) is 5.91 Å². The van der Waals surface area contributed by atoms with Crippen LogP contribution in [0.5, 0.6) is 0 Å². The highest BCUT2D eigenvalue weighted by Gasteiger charge is 2.28. The van der Waals surface area contributed by atoms with Crippen LogP contribution >= 0.6 is 0 Å². The van der Waals surface area contributed by atoms with E-state index in [-0.39, 0.29) is 23.3 Å². The van der Waals surface area contributed by atoms with Crippen molar-refractivity contribution in [3.8, 4) is 0 Å². The number of hydrogen-bond donors (Lipinski definition) is 0. The van der Waals surface area contributed by atoms with Gasteiger partial charge in [0.15, 0.2) is 9.84 Å². The van der Waals surface area contributed by atoms with Gasteiger partial charge in [0.05, 0.1) is 6.54 Å². The molecule has 0 unspecified atom stereocenters. The summed E-state index contributed by atoms with van der Waals surface area (Å²) in [4.78, 5) is 22.5. The first-order valence-corrected chi connectivity index (χ1v) is 10.7. The number of rotatable bonds is 6. The van der Waals surface area contributed by atoms with Crippen LogP contribution < -0.4 is 0 Å². The molecule has 0 N–H and O–H groups in total. The van der Waals surface area contributed by atoms with Crippen molar-refractivity contribution in [1.29, 1.82) is 0 Å². The maximum Gasteiger partial charge on any atom is 0.237 e. The molecule has 8 heteroatoms. The van der Waals surface area contributed by atoms with Gasteiger partial charge >= 0.3 is 0 Å². The number of nitrogens with zero attached hydrogens (tertiary/aromatic N) is 4. The lowest BCUT2D eigenvalue weighted by Gasteiger charge is -2.32. The number of pyridine rings is 1. The smallest absolute Gasteiger partial charge is 0.237 e. The maximum atomic E-state index is 12.2. The lowest BCUT2D eigenvalue weighted by atomic mass is 9.96. The first-order valence-electron chi connectivity index (χ1n) is 8.86. The van der Waals surface area contributed by atoms with Crippen molar-refractivity contribution in [2.24, 2.45) is 0 Å². The monoisotopic (exact) mass is 376 g/mol. The number of amides is 1. The molecule has 0 radical (unpaired) electrons. The zero-order chi connectivity index (χ0) is 18.6. The Morgan fingerprint density at radius 2 is 2.04 bits per heavy atom. The topological polar surface area (TPSA) is 85.2 Å². The summed E-state index contributed by atoms with van der Waals surface area (Å²) in [6, 6.07) is 3.95. The Labute approximate surface area is 154 Å². The van der Waals surface area contributed by atoms with Gasteiger partial charge in [-0.25, -0.2) is 13.4 Å². The Morgan fingerprint density at radius 1 is 1.27 bits per heavy atom. The third kappa shape index (κ3) is 4.49. The second kappa shape index (κ2) is 7.99. The van der Waals surface area contributed by atoms with Gasteiger partial charge in [-0.2, -0.15) is 0 Å². The van der Waals surface area contributed by atoms with Crippen LogP contribution in [0.25, 0.3) is 0 Å². The molecule has 1 aliphatic rings. The van der Waals surface area contributed by atoms with Crippen LogP contribution in [0.1, 0.15) is 37.1 Å². The van der Waals surface area contributed by atoms with Crippen molar-refractivity contribution >= 4 is 15.7 Å². The summed E-state index contributed by atoms with van der Waals surface area (Å²) in [5.41, 5.74) is 1.11. The second-order valence-corrected chi connectivity index (χ2v) is 8.96. The SMILES string of the molecule is CCS(=O)(=O)CC(=O)N1CCC(c2nccn2Cc2cccnc2)CC1. The molecule has 1 fully saturated rings. The van der Waals surface area contributed by atoms with E-state index >= 15 is 0 Å².